The Morgan fingerprint density at radius 3 is 1.78 bits per heavy atom. The van der Waals surface area contributed by atoms with E-state index in [0.29, 0.717) is 0 Å². The van der Waals surface area contributed by atoms with Crippen molar-refractivity contribution in [3.8, 4) is 0 Å². The van der Waals surface area contributed by atoms with Crippen molar-refractivity contribution in [1.82, 2.24) is 0 Å². The Morgan fingerprint density at radius 2 is 1.26 bits per heavy atom. The fourth-order valence-corrected chi connectivity index (χ4v) is 3.13. The molecule has 0 saturated carbocycles. The van der Waals surface area contributed by atoms with Crippen molar-refractivity contribution in [2.24, 2.45) is 11.8 Å². The summed E-state index contributed by atoms with van der Waals surface area (Å²) in [5.41, 5.74) is 1.47. The molecule has 23 heavy (non-hydrogen) atoms. The van der Waals surface area contributed by atoms with Crippen LogP contribution in [-0.4, -0.2) is 0 Å². The van der Waals surface area contributed by atoms with Crippen LogP contribution in [0.15, 0.2) is 23.8 Å². The number of allylic oxidation sites excluding steroid dienone is 4. The highest BCUT2D eigenvalue weighted by atomic mass is 14.1. The van der Waals surface area contributed by atoms with Gasteiger partial charge in [0.1, 0.15) is 0 Å². The van der Waals surface area contributed by atoms with E-state index in [4.69, 9.17) is 0 Å². The van der Waals surface area contributed by atoms with Gasteiger partial charge in [-0.2, -0.15) is 0 Å². The van der Waals surface area contributed by atoms with E-state index in [2.05, 4.69) is 52.8 Å². The molecule has 0 N–H and O–H groups in total. The van der Waals surface area contributed by atoms with Gasteiger partial charge in [-0.25, -0.2) is 0 Å². The van der Waals surface area contributed by atoms with Gasteiger partial charge in [-0.3, -0.25) is 0 Å². The molecular weight excluding hydrogens is 276 g/mol. The second-order valence-electron chi connectivity index (χ2n) is 7.82. The lowest BCUT2D eigenvalue weighted by Gasteiger charge is -2.17. The number of unbranched alkanes of at least 4 members (excludes halogenated alkanes) is 9. The van der Waals surface area contributed by atoms with E-state index in [-0.39, 0.29) is 0 Å². The van der Waals surface area contributed by atoms with E-state index >= 15 is 0 Å². The van der Waals surface area contributed by atoms with Crippen LogP contribution in [0.4, 0.5) is 0 Å². The highest BCUT2D eigenvalue weighted by Gasteiger charge is 2.09. The van der Waals surface area contributed by atoms with Gasteiger partial charge >= 0.3 is 0 Å². The molecule has 136 valence electrons. The molecule has 0 heterocycles. The van der Waals surface area contributed by atoms with Crippen LogP contribution in [0.25, 0.3) is 0 Å². The summed E-state index contributed by atoms with van der Waals surface area (Å²) in [7, 11) is 0. The molecule has 0 aliphatic heterocycles. The lowest BCUT2D eigenvalue weighted by molar-refractivity contribution is 0.414. The van der Waals surface area contributed by atoms with Crippen molar-refractivity contribution in [1.29, 1.82) is 0 Å². The van der Waals surface area contributed by atoms with Gasteiger partial charge in [0.15, 0.2) is 0 Å². The molecule has 0 amide bonds. The predicted molar refractivity (Wildman–Crippen MR) is 108 cm³/mol. The van der Waals surface area contributed by atoms with Crippen LogP contribution in [0, 0.1) is 11.8 Å². The molecule has 0 spiro atoms. The first-order valence-corrected chi connectivity index (χ1v) is 10.4. The molecule has 0 saturated heterocycles. The number of hydrogen-bond acceptors (Lipinski definition) is 0. The van der Waals surface area contributed by atoms with E-state index in [1.807, 2.05) is 0 Å². The minimum Gasteiger partial charge on any atom is -0.0885 e. The maximum atomic E-state index is 2.48. The average Bonchev–Trinajstić information content (AvgIpc) is 2.50. The second-order valence-corrected chi connectivity index (χ2v) is 7.82. The number of hydrogen-bond donors (Lipinski definition) is 0. The van der Waals surface area contributed by atoms with Gasteiger partial charge in [0.25, 0.3) is 0 Å². The van der Waals surface area contributed by atoms with Crippen molar-refractivity contribution >= 4 is 0 Å². The summed E-state index contributed by atoms with van der Waals surface area (Å²) in [6.45, 7) is 11.4. The summed E-state index contributed by atoms with van der Waals surface area (Å²) in [6, 6.07) is 0. The Labute approximate surface area is 147 Å². The highest BCUT2D eigenvalue weighted by molar-refractivity contribution is 4.98. The van der Waals surface area contributed by atoms with Gasteiger partial charge in [0, 0.05) is 0 Å². The molecule has 0 aromatic rings. The minimum absolute atomic E-state index is 0.780. The highest BCUT2D eigenvalue weighted by Crippen LogP contribution is 2.22. The molecule has 0 fully saturated rings. The topological polar surface area (TPSA) is 0 Å². The Morgan fingerprint density at radius 1 is 0.739 bits per heavy atom. The first-order chi connectivity index (χ1) is 11.1. The quantitative estimate of drug-likeness (QED) is 0.209. The molecule has 0 aromatic heterocycles. The van der Waals surface area contributed by atoms with E-state index in [1.54, 1.807) is 0 Å². The molecule has 0 aromatic carbocycles. The summed E-state index contributed by atoms with van der Waals surface area (Å²) in [5, 5.41) is 0. The molecule has 0 radical (unpaired) electrons. The Kier molecular flexibility index (Phi) is 16.0. The zero-order valence-electron chi connectivity index (χ0n) is 16.9. The largest absolute Gasteiger partial charge is 0.0885 e. The Balaban J connectivity index is 3.47. The van der Waals surface area contributed by atoms with Gasteiger partial charge in [-0.15, -0.1) is 0 Å². The molecule has 0 aliphatic rings. The van der Waals surface area contributed by atoms with Crippen LogP contribution in [-0.2, 0) is 0 Å². The van der Waals surface area contributed by atoms with Crippen LogP contribution in [0.5, 0.6) is 0 Å². The molecule has 0 rings (SSSR count). The van der Waals surface area contributed by atoms with Crippen LogP contribution in [0.2, 0.25) is 0 Å². The average molecular weight is 321 g/mol. The van der Waals surface area contributed by atoms with Gasteiger partial charge in [0.2, 0.25) is 0 Å². The van der Waals surface area contributed by atoms with Crippen LogP contribution < -0.4 is 0 Å². The fourth-order valence-electron chi connectivity index (χ4n) is 3.13. The monoisotopic (exact) mass is 320 g/mol. The number of rotatable bonds is 15. The first-order valence-electron chi connectivity index (χ1n) is 10.4. The predicted octanol–water partition coefficient (Wildman–Crippen LogP) is 8.48. The SMILES string of the molecule is CCCCCCCCC=CCCCCCC(C=C(C)C)C(C)C. The zero-order valence-corrected chi connectivity index (χ0v) is 16.9. The summed E-state index contributed by atoms with van der Waals surface area (Å²) in [6.07, 6.45) is 23.8. The second kappa shape index (κ2) is 16.3. The smallest absolute Gasteiger partial charge is 0.0208 e. The third kappa shape index (κ3) is 16.1. The zero-order chi connectivity index (χ0) is 17.3. The fraction of sp³-hybridized carbons (Fsp3) is 0.826. The minimum atomic E-state index is 0.780. The maximum Gasteiger partial charge on any atom is -0.0208 e. The lowest BCUT2D eigenvalue weighted by atomic mass is 9.89. The van der Waals surface area contributed by atoms with E-state index in [9.17, 15) is 0 Å². The standard InChI is InChI=1S/C23H44/c1-6-7-8-9-10-11-12-13-14-15-16-17-18-19-23(22(4)5)20-21(2)3/h13-14,20,22-23H,6-12,15-19H2,1-5H3. The van der Waals surface area contributed by atoms with Crippen LogP contribution in [0.3, 0.4) is 0 Å². The molecule has 0 bridgehead atoms. The summed E-state index contributed by atoms with van der Waals surface area (Å²) in [5.74, 6) is 1.56. The van der Waals surface area contributed by atoms with Crippen molar-refractivity contribution in [2.45, 2.75) is 112 Å². The first kappa shape index (κ1) is 22.5. The van der Waals surface area contributed by atoms with E-state index < -0.39 is 0 Å². The van der Waals surface area contributed by atoms with Gasteiger partial charge in [-0.1, -0.05) is 89.5 Å². The van der Waals surface area contributed by atoms with Crippen molar-refractivity contribution < 1.29 is 0 Å². The molecular formula is C23H44. The van der Waals surface area contributed by atoms with Crippen LogP contribution in [0.1, 0.15) is 112 Å². The molecule has 0 heteroatoms. The maximum absolute atomic E-state index is 2.48. The van der Waals surface area contributed by atoms with Gasteiger partial charge in [-0.05, 0) is 57.8 Å². The molecule has 0 nitrogen and oxygen atoms in total. The van der Waals surface area contributed by atoms with Gasteiger partial charge < -0.3 is 0 Å². The summed E-state index contributed by atoms with van der Waals surface area (Å²) >= 11 is 0. The van der Waals surface area contributed by atoms with Crippen molar-refractivity contribution in [3.05, 3.63) is 23.8 Å². The third-order valence-electron chi connectivity index (χ3n) is 4.70. The molecule has 0 aliphatic carbocycles. The van der Waals surface area contributed by atoms with Crippen molar-refractivity contribution in [2.75, 3.05) is 0 Å². The van der Waals surface area contributed by atoms with Gasteiger partial charge in [0.05, 0.1) is 0 Å². The van der Waals surface area contributed by atoms with E-state index in [1.165, 1.54) is 82.6 Å². The third-order valence-corrected chi connectivity index (χ3v) is 4.70. The summed E-state index contributed by atoms with van der Waals surface area (Å²) in [4.78, 5) is 0. The Hall–Kier alpha value is -0.520. The van der Waals surface area contributed by atoms with Crippen LogP contribution >= 0.6 is 0 Å². The summed E-state index contributed by atoms with van der Waals surface area (Å²) < 4.78 is 0. The lowest BCUT2D eigenvalue weighted by Crippen LogP contribution is -2.06. The normalized spacial score (nSPS) is 13.0. The van der Waals surface area contributed by atoms with Crippen molar-refractivity contribution in [3.63, 3.8) is 0 Å². The molecule has 1 unspecified atom stereocenters. The molecule has 1 atom stereocenters. The Bertz CT molecular complexity index is 291. The van der Waals surface area contributed by atoms with E-state index in [0.717, 1.165) is 11.8 Å².